The Morgan fingerprint density at radius 1 is 1.43 bits per heavy atom. The Bertz CT molecular complexity index is 144. The Labute approximate surface area is 85.9 Å². The SMILES string of the molecule is COC(CN[C@@H](C)[C@H]1CCOC1)OC. The number of hydrogen-bond donors (Lipinski definition) is 1. The molecule has 1 N–H and O–H groups in total. The summed E-state index contributed by atoms with van der Waals surface area (Å²) >= 11 is 0. The normalized spacial score (nSPS) is 24.4. The maximum absolute atomic E-state index is 5.34. The zero-order valence-electron chi connectivity index (χ0n) is 9.29. The summed E-state index contributed by atoms with van der Waals surface area (Å²) in [5.41, 5.74) is 0. The van der Waals surface area contributed by atoms with Crippen molar-refractivity contribution < 1.29 is 14.2 Å². The molecule has 2 atom stereocenters. The van der Waals surface area contributed by atoms with Crippen LogP contribution in [0.3, 0.4) is 0 Å². The van der Waals surface area contributed by atoms with Gasteiger partial charge in [0, 0.05) is 33.4 Å². The quantitative estimate of drug-likeness (QED) is 0.642. The Balaban J connectivity index is 2.15. The van der Waals surface area contributed by atoms with E-state index in [2.05, 4.69) is 12.2 Å². The Morgan fingerprint density at radius 2 is 2.14 bits per heavy atom. The van der Waals surface area contributed by atoms with Crippen LogP contribution in [0, 0.1) is 5.92 Å². The fourth-order valence-corrected chi connectivity index (χ4v) is 1.66. The zero-order chi connectivity index (χ0) is 10.4. The number of rotatable bonds is 6. The molecule has 1 aliphatic rings. The highest BCUT2D eigenvalue weighted by Crippen LogP contribution is 2.16. The van der Waals surface area contributed by atoms with Gasteiger partial charge in [0.15, 0.2) is 6.29 Å². The van der Waals surface area contributed by atoms with E-state index in [1.807, 2.05) is 0 Å². The van der Waals surface area contributed by atoms with Crippen LogP contribution in [0.15, 0.2) is 0 Å². The molecule has 4 nitrogen and oxygen atoms in total. The predicted molar refractivity (Wildman–Crippen MR) is 54.2 cm³/mol. The van der Waals surface area contributed by atoms with E-state index < -0.39 is 0 Å². The summed E-state index contributed by atoms with van der Waals surface area (Å²) in [4.78, 5) is 0. The third-order valence-corrected chi connectivity index (χ3v) is 2.80. The minimum atomic E-state index is -0.153. The highest BCUT2D eigenvalue weighted by atomic mass is 16.7. The van der Waals surface area contributed by atoms with Crippen LogP contribution in [0.4, 0.5) is 0 Å². The summed E-state index contributed by atoms with van der Waals surface area (Å²) in [6.07, 6.45) is 0.999. The fraction of sp³-hybridized carbons (Fsp3) is 1.00. The van der Waals surface area contributed by atoms with Gasteiger partial charge in [-0.25, -0.2) is 0 Å². The first-order valence-electron chi connectivity index (χ1n) is 5.14. The number of ether oxygens (including phenoxy) is 3. The lowest BCUT2D eigenvalue weighted by Crippen LogP contribution is -2.39. The van der Waals surface area contributed by atoms with E-state index in [1.54, 1.807) is 14.2 Å². The molecule has 0 radical (unpaired) electrons. The second-order valence-electron chi connectivity index (χ2n) is 3.72. The minimum Gasteiger partial charge on any atom is -0.381 e. The molecule has 1 aliphatic heterocycles. The van der Waals surface area contributed by atoms with Gasteiger partial charge < -0.3 is 19.5 Å². The Kier molecular flexibility index (Phi) is 5.40. The third kappa shape index (κ3) is 3.53. The van der Waals surface area contributed by atoms with Crippen molar-refractivity contribution >= 4 is 0 Å². The molecule has 0 amide bonds. The molecule has 84 valence electrons. The molecular formula is C10H21NO3. The van der Waals surface area contributed by atoms with Crippen LogP contribution in [0.5, 0.6) is 0 Å². The molecule has 1 heterocycles. The van der Waals surface area contributed by atoms with Gasteiger partial charge in [-0.1, -0.05) is 0 Å². The molecule has 0 saturated carbocycles. The molecule has 14 heavy (non-hydrogen) atoms. The van der Waals surface area contributed by atoms with Gasteiger partial charge in [0.05, 0.1) is 6.61 Å². The standard InChI is InChI=1S/C10H21NO3/c1-8(9-4-5-14-7-9)11-6-10(12-2)13-3/h8-11H,4-7H2,1-3H3/t8-,9-/m0/s1. The van der Waals surface area contributed by atoms with Gasteiger partial charge >= 0.3 is 0 Å². The van der Waals surface area contributed by atoms with Crippen molar-refractivity contribution in [3.63, 3.8) is 0 Å². The van der Waals surface area contributed by atoms with Gasteiger partial charge in [-0.05, 0) is 19.3 Å². The highest BCUT2D eigenvalue weighted by molar-refractivity contribution is 4.75. The first kappa shape index (κ1) is 11.9. The molecule has 0 spiro atoms. The van der Waals surface area contributed by atoms with Crippen molar-refractivity contribution in [2.24, 2.45) is 5.92 Å². The van der Waals surface area contributed by atoms with Crippen LogP contribution in [0.1, 0.15) is 13.3 Å². The smallest absolute Gasteiger partial charge is 0.169 e. The van der Waals surface area contributed by atoms with Crippen LogP contribution in [0.25, 0.3) is 0 Å². The third-order valence-electron chi connectivity index (χ3n) is 2.80. The highest BCUT2D eigenvalue weighted by Gasteiger charge is 2.22. The van der Waals surface area contributed by atoms with Crippen molar-refractivity contribution in [2.45, 2.75) is 25.7 Å². The maximum Gasteiger partial charge on any atom is 0.169 e. The lowest BCUT2D eigenvalue weighted by molar-refractivity contribution is -0.100. The van der Waals surface area contributed by atoms with Gasteiger partial charge in [-0.3, -0.25) is 0 Å². The van der Waals surface area contributed by atoms with E-state index in [0.717, 1.165) is 26.2 Å². The lowest BCUT2D eigenvalue weighted by Gasteiger charge is -2.22. The van der Waals surface area contributed by atoms with E-state index in [0.29, 0.717) is 12.0 Å². The molecule has 4 heteroatoms. The van der Waals surface area contributed by atoms with Crippen LogP contribution < -0.4 is 5.32 Å². The number of nitrogens with one attached hydrogen (secondary N) is 1. The first-order chi connectivity index (χ1) is 6.77. The Morgan fingerprint density at radius 3 is 2.64 bits per heavy atom. The predicted octanol–water partition coefficient (Wildman–Crippen LogP) is 0.620. The van der Waals surface area contributed by atoms with Crippen molar-refractivity contribution in [2.75, 3.05) is 34.0 Å². The van der Waals surface area contributed by atoms with Gasteiger partial charge in [0.2, 0.25) is 0 Å². The van der Waals surface area contributed by atoms with Gasteiger partial charge in [0.1, 0.15) is 0 Å². The summed E-state index contributed by atoms with van der Waals surface area (Å²) in [5, 5.41) is 3.40. The monoisotopic (exact) mass is 203 g/mol. The molecule has 0 aromatic carbocycles. The molecule has 0 bridgehead atoms. The van der Waals surface area contributed by atoms with Crippen molar-refractivity contribution in [1.82, 2.24) is 5.32 Å². The average molecular weight is 203 g/mol. The molecular weight excluding hydrogens is 182 g/mol. The molecule has 1 saturated heterocycles. The summed E-state index contributed by atoms with van der Waals surface area (Å²) in [6.45, 7) is 4.68. The first-order valence-corrected chi connectivity index (χ1v) is 5.14. The lowest BCUT2D eigenvalue weighted by atomic mass is 10.0. The van der Waals surface area contributed by atoms with E-state index in [1.165, 1.54) is 0 Å². The van der Waals surface area contributed by atoms with Crippen molar-refractivity contribution in [3.05, 3.63) is 0 Å². The van der Waals surface area contributed by atoms with Crippen LogP contribution in [-0.4, -0.2) is 46.3 Å². The summed E-state index contributed by atoms with van der Waals surface area (Å²) in [6, 6.07) is 0.463. The topological polar surface area (TPSA) is 39.7 Å². The summed E-state index contributed by atoms with van der Waals surface area (Å²) < 4.78 is 15.5. The fourth-order valence-electron chi connectivity index (χ4n) is 1.66. The Hall–Kier alpha value is -0.160. The molecule has 1 fully saturated rings. The summed E-state index contributed by atoms with van der Waals surface area (Å²) in [5.74, 6) is 0.629. The van der Waals surface area contributed by atoms with Crippen LogP contribution in [-0.2, 0) is 14.2 Å². The average Bonchev–Trinajstić information content (AvgIpc) is 2.72. The van der Waals surface area contributed by atoms with Gasteiger partial charge in [0.25, 0.3) is 0 Å². The number of hydrogen-bond acceptors (Lipinski definition) is 4. The maximum atomic E-state index is 5.34. The van der Waals surface area contributed by atoms with E-state index in [-0.39, 0.29) is 6.29 Å². The van der Waals surface area contributed by atoms with Crippen LogP contribution >= 0.6 is 0 Å². The van der Waals surface area contributed by atoms with E-state index in [4.69, 9.17) is 14.2 Å². The molecule has 0 unspecified atom stereocenters. The van der Waals surface area contributed by atoms with Gasteiger partial charge in [-0.2, -0.15) is 0 Å². The van der Waals surface area contributed by atoms with Gasteiger partial charge in [-0.15, -0.1) is 0 Å². The molecule has 0 aromatic rings. The van der Waals surface area contributed by atoms with Crippen molar-refractivity contribution in [1.29, 1.82) is 0 Å². The molecule has 1 rings (SSSR count). The second kappa shape index (κ2) is 6.35. The van der Waals surface area contributed by atoms with Crippen molar-refractivity contribution in [3.8, 4) is 0 Å². The van der Waals surface area contributed by atoms with E-state index >= 15 is 0 Å². The van der Waals surface area contributed by atoms with Crippen LogP contribution in [0.2, 0.25) is 0 Å². The van der Waals surface area contributed by atoms with E-state index in [9.17, 15) is 0 Å². The molecule has 0 aliphatic carbocycles. The molecule has 0 aromatic heterocycles. The largest absolute Gasteiger partial charge is 0.381 e. The minimum absolute atomic E-state index is 0.153. The number of methoxy groups -OCH3 is 2. The zero-order valence-corrected chi connectivity index (χ0v) is 9.29. The summed E-state index contributed by atoms with van der Waals surface area (Å²) in [7, 11) is 3.30. The second-order valence-corrected chi connectivity index (χ2v) is 3.72.